The first-order valence-electron chi connectivity index (χ1n) is 5.81. The number of carbonyl (C=O) groups excluding carboxylic acids is 1. The van der Waals surface area contributed by atoms with Crippen molar-refractivity contribution in [3.63, 3.8) is 0 Å². The van der Waals surface area contributed by atoms with Gasteiger partial charge in [0.2, 0.25) is 0 Å². The molecule has 1 amide bonds. The van der Waals surface area contributed by atoms with E-state index in [0.29, 0.717) is 25.3 Å². The van der Waals surface area contributed by atoms with Crippen LogP contribution in [0.1, 0.15) is 33.0 Å². The van der Waals surface area contributed by atoms with Gasteiger partial charge < -0.3 is 15.4 Å². The molecule has 0 saturated carbocycles. The first kappa shape index (κ1) is 12.7. The third-order valence-corrected chi connectivity index (χ3v) is 2.74. The molecule has 0 aliphatic carbocycles. The highest BCUT2D eigenvalue weighted by atomic mass is 16.6. The minimum Gasteiger partial charge on any atom is -0.444 e. The fourth-order valence-corrected chi connectivity index (χ4v) is 1.87. The molecular weight excluding hydrogens is 236 g/mol. The number of nitrogens with zero attached hydrogens (tertiary/aromatic N) is 4. The summed E-state index contributed by atoms with van der Waals surface area (Å²) in [4.78, 5) is 13.5. The Balaban J connectivity index is 2.02. The summed E-state index contributed by atoms with van der Waals surface area (Å²) in [6.45, 7) is 6.35. The van der Waals surface area contributed by atoms with Crippen LogP contribution in [0.3, 0.4) is 0 Å². The van der Waals surface area contributed by atoms with Gasteiger partial charge in [-0.2, -0.15) is 5.21 Å². The second-order valence-electron chi connectivity index (χ2n) is 5.54. The minimum atomic E-state index is -0.746. The van der Waals surface area contributed by atoms with Crippen LogP contribution in [-0.2, 0) is 10.3 Å². The largest absolute Gasteiger partial charge is 0.444 e. The van der Waals surface area contributed by atoms with Gasteiger partial charge in [0.25, 0.3) is 0 Å². The number of rotatable bonds is 1. The number of aromatic nitrogens is 4. The average Bonchev–Trinajstić information content (AvgIpc) is 2.83. The molecule has 2 rings (SSSR count). The second kappa shape index (κ2) is 4.20. The molecule has 1 aliphatic rings. The molecule has 1 unspecified atom stereocenters. The van der Waals surface area contributed by atoms with Crippen molar-refractivity contribution in [2.24, 2.45) is 5.73 Å². The molecule has 0 spiro atoms. The SMILES string of the molecule is CC(C)(C)OC(=O)N1CCC(N)(c2nn[nH]n2)C1. The average molecular weight is 254 g/mol. The molecular formula is C10H18N6O2. The molecule has 1 aliphatic heterocycles. The van der Waals surface area contributed by atoms with Crippen molar-refractivity contribution in [2.75, 3.05) is 13.1 Å². The van der Waals surface area contributed by atoms with Crippen LogP contribution < -0.4 is 5.73 Å². The van der Waals surface area contributed by atoms with Crippen LogP contribution in [0.25, 0.3) is 0 Å². The van der Waals surface area contributed by atoms with Crippen LogP contribution in [0.15, 0.2) is 0 Å². The maximum Gasteiger partial charge on any atom is 0.410 e. The number of H-pyrrole nitrogens is 1. The summed E-state index contributed by atoms with van der Waals surface area (Å²) >= 11 is 0. The van der Waals surface area contributed by atoms with Crippen LogP contribution in [0.4, 0.5) is 4.79 Å². The molecule has 0 aromatic carbocycles. The van der Waals surface area contributed by atoms with Gasteiger partial charge in [-0.3, -0.25) is 0 Å². The number of hydrogen-bond donors (Lipinski definition) is 2. The van der Waals surface area contributed by atoms with Gasteiger partial charge >= 0.3 is 6.09 Å². The first-order chi connectivity index (χ1) is 8.30. The Kier molecular flexibility index (Phi) is 2.97. The number of carbonyl (C=O) groups is 1. The second-order valence-corrected chi connectivity index (χ2v) is 5.54. The summed E-state index contributed by atoms with van der Waals surface area (Å²) in [6.07, 6.45) is 0.226. The van der Waals surface area contributed by atoms with Crippen molar-refractivity contribution in [2.45, 2.75) is 38.3 Å². The van der Waals surface area contributed by atoms with E-state index >= 15 is 0 Å². The van der Waals surface area contributed by atoms with Gasteiger partial charge in [0.1, 0.15) is 5.60 Å². The number of tetrazole rings is 1. The van der Waals surface area contributed by atoms with Gasteiger partial charge in [0.05, 0.1) is 5.54 Å². The zero-order valence-corrected chi connectivity index (χ0v) is 10.8. The molecule has 100 valence electrons. The number of amides is 1. The van der Waals surface area contributed by atoms with E-state index in [4.69, 9.17) is 10.5 Å². The summed E-state index contributed by atoms with van der Waals surface area (Å²) in [5.41, 5.74) is 4.93. The summed E-state index contributed by atoms with van der Waals surface area (Å²) in [6, 6.07) is 0. The fraction of sp³-hybridized carbons (Fsp3) is 0.800. The molecule has 3 N–H and O–H groups in total. The highest BCUT2D eigenvalue weighted by Gasteiger charge is 2.42. The van der Waals surface area contributed by atoms with Crippen molar-refractivity contribution in [1.29, 1.82) is 0 Å². The summed E-state index contributed by atoms with van der Waals surface area (Å²) in [5.74, 6) is 0.425. The number of aromatic amines is 1. The van der Waals surface area contributed by atoms with E-state index in [1.54, 1.807) is 4.90 Å². The van der Waals surface area contributed by atoms with Crippen LogP contribution in [0, 0.1) is 0 Å². The zero-order chi connectivity index (χ0) is 13.4. The highest BCUT2D eigenvalue weighted by molar-refractivity contribution is 5.68. The first-order valence-corrected chi connectivity index (χ1v) is 5.81. The van der Waals surface area contributed by atoms with E-state index in [2.05, 4.69) is 20.6 Å². The smallest absolute Gasteiger partial charge is 0.410 e. The standard InChI is InChI=1S/C10H18N6O2/c1-9(2,3)18-8(17)16-5-4-10(11,6-16)7-12-14-15-13-7/h4-6,11H2,1-3H3,(H,12,13,14,15). The number of nitrogens with one attached hydrogen (secondary N) is 1. The van der Waals surface area contributed by atoms with E-state index in [0.717, 1.165) is 0 Å². The van der Waals surface area contributed by atoms with Gasteiger partial charge in [-0.1, -0.05) is 5.21 Å². The molecule has 0 radical (unpaired) electrons. The van der Waals surface area contributed by atoms with Crippen molar-refractivity contribution in [3.8, 4) is 0 Å². The lowest BCUT2D eigenvalue weighted by atomic mass is 10.00. The summed E-state index contributed by atoms with van der Waals surface area (Å²) < 4.78 is 5.30. The Hall–Kier alpha value is -1.70. The summed E-state index contributed by atoms with van der Waals surface area (Å²) in [5, 5.41) is 13.6. The van der Waals surface area contributed by atoms with E-state index in [1.165, 1.54) is 0 Å². The fourth-order valence-electron chi connectivity index (χ4n) is 1.87. The van der Waals surface area contributed by atoms with Gasteiger partial charge in [0, 0.05) is 13.1 Å². The molecule has 2 heterocycles. The van der Waals surface area contributed by atoms with Gasteiger partial charge in [-0.05, 0) is 27.2 Å². The normalized spacial score (nSPS) is 24.3. The summed E-state index contributed by atoms with van der Waals surface area (Å²) in [7, 11) is 0. The molecule has 0 bridgehead atoms. The Morgan fingerprint density at radius 1 is 1.56 bits per heavy atom. The maximum atomic E-state index is 11.9. The van der Waals surface area contributed by atoms with E-state index in [9.17, 15) is 4.79 Å². The number of ether oxygens (including phenoxy) is 1. The third kappa shape index (κ3) is 2.58. The number of hydrogen-bond acceptors (Lipinski definition) is 6. The quantitative estimate of drug-likeness (QED) is 0.729. The molecule has 1 aromatic heterocycles. The van der Waals surface area contributed by atoms with Crippen molar-refractivity contribution < 1.29 is 9.53 Å². The van der Waals surface area contributed by atoms with E-state index in [1.807, 2.05) is 20.8 Å². The van der Waals surface area contributed by atoms with Crippen LogP contribution in [-0.4, -0.2) is 50.3 Å². The third-order valence-electron chi connectivity index (χ3n) is 2.74. The Bertz CT molecular complexity index is 426. The zero-order valence-electron chi connectivity index (χ0n) is 10.8. The lowest BCUT2D eigenvalue weighted by Gasteiger charge is -2.25. The Morgan fingerprint density at radius 2 is 2.28 bits per heavy atom. The molecule has 1 atom stereocenters. The van der Waals surface area contributed by atoms with Gasteiger partial charge in [-0.25, -0.2) is 4.79 Å². The Labute approximate surface area is 105 Å². The van der Waals surface area contributed by atoms with Crippen molar-refractivity contribution >= 4 is 6.09 Å². The van der Waals surface area contributed by atoms with Crippen LogP contribution in [0.5, 0.6) is 0 Å². The van der Waals surface area contributed by atoms with Gasteiger partial charge in [-0.15, -0.1) is 10.2 Å². The van der Waals surface area contributed by atoms with Crippen molar-refractivity contribution in [3.05, 3.63) is 5.82 Å². The van der Waals surface area contributed by atoms with Gasteiger partial charge in [0.15, 0.2) is 5.82 Å². The topological polar surface area (TPSA) is 110 Å². The predicted molar refractivity (Wildman–Crippen MR) is 62.5 cm³/mol. The van der Waals surface area contributed by atoms with Crippen LogP contribution in [0.2, 0.25) is 0 Å². The monoisotopic (exact) mass is 254 g/mol. The van der Waals surface area contributed by atoms with E-state index in [-0.39, 0.29) is 6.09 Å². The van der Waals surface area contributed by atoms with Crippen molar-refractivity contribution in [1.82, 2.24) is 25.5 Å². The lowest BCUT2D eigenvalue weighted by Crippen LogP contribution is -2.43. The molecule has 18 heavy (non-hydrogen) atoms. The van der Waals surface area contributed by atoms with E-state index < -0.39 is 11.1 Å². The Morgan fingerprint density at radius 3 is 2.83 bits per heavy atom. The lowest BCUT2D eigenvalue weighted by molar-refractivity contribution is 0.0283. The molecule has 8 nitrogen and oxygen atoms in total. The number of likely N-dealkylation sites (tertiary alicyclic amines) is 1. The van der Waals surface area contributed by atoms with Crippen LogP contribution >= 0.6 is 0 Å². The molecule has 1 aromatic rings. The maximum absolute atomic E-state index is 11.9. The minimum absolute atomic E-state index is 0.335. The molecule has 1 fully saturated rings. The predicted octanol–water partition coefficient (Wildman–Crippen LogP) is -0.00550. The molecule has 1 saturated heterocycles. The number of nitrogens with two attached hydrogens (primary N) is 1. The molecule has 8 heteroatoms. The highest BCUT2D eigenvalue weighted by Crippen LogP contribution is 2.27.